The summed E-state index contributed by atoms with van der Waals surface area (Å²) < 4.78 is 7.52. The number of fused-ring (bicyclic) bond motifs is 1. The van der Waals surface area contributed by atoms with Crippen LogP contribution in [-0.4, -0.2) is 17.0 Å². The molecule has 0 aliphatic rings. The monoisotopic (exact) mass is 307 g/mol. The third kappa shape index (κ3) is 2.87. The maximum atomic E-state index is 12.6. The van der Waals surface area contributed by atoms with Gasteiger partial charge < -0.3 is 9.14 Å². The van der Waals surface area contributed by atoms with Crippen molar-refractivity contribution in [2.45, 2.75) is 26.7 Å². The molecule has 2 aromatic heterocycles. The van der Waals surface area contributed by atoms with Gasteiger partial charge in [0, 0.05) is 6.20 Å². The second-order valence-electron chi connectivity index (χ2n) is 5.66. The second kappa shape index (κ2) is 6.69. The molecule has 23 heavy (non-hydrogen) atoms. The Morgan fingerprint density at radius 2 is 1.83 bits per heavy atom. The second-order valence-corrected chi connectivity index (χ2v) is 5.66. The number of unbranched alkanes of at least 4 members (excludes halogenated alkanes) is 1. The Morgan fingerprint density at radius 1 is 1.09 bits per heavy atom. The van der Waals surface area contributed by atoms with Crippen molar-refractivity contribution in [2.24, 2.45) is 0 Å². The van der Waals surface area contributed by atoms with Gasteiger partial charge in [0.15, 0.2) is 0 Å². The van der Waals surface area contributed by atoms with E-state index in [-0.39, 0.29) is 5.97 Å². The summed E-state index contributed by atoms with van der Waals surface area (Å²) in [4.78, 5) is 12.6. The van der Waals surface area contributed by atoms with Gasteiger partial charge in [0.05, 0.1) is 23.4 Å². The highest BCUT2D eigenvalue weighted by Gasteiger charge is 2.22. The highest BCUT2D eigenvalue weighted by atomic mass is 16.5. The van der Waals surface area contributed by atoms with Gasteiger partial charge in [0.25, 0.3) is 0 Å². The molecule has 118 valence electrons. The van der Waals surface area contributed by atoms with Crippen molar-refractivity contribution in [1.29, 1.82) is 0 Å². The zero-order chi connectivity index (χ0) is 16.2. The van der Waals surface area contributed by atoms with Crippen LogP contribution < -0.4 is 0 Å². The first kappa shape index (κ1) is 15.3. The van der Waals surface area contributed by atoms with Crippen molar-refractivity contribution in [1.82, 2.24) is 4.40 Å². The summed E-state index contributed by atoms with van der Waals surface area (Å²) in [5.74, 6) is -0.234. The molecule has 3 heteroatoms. The number of hydrogen-bond donors (Lipinski definition) is 0. The fourth-order valence-corrected chi connectivity index (χ4v) is 2.92. The molecule has 0 amide bonds. The van der Waals surface area contributed by atoms with E-state index >= 15 is 0 Å². The van der Waals surface area contributed by atoms with Gasteiger partial charge in [-0.3, -0.25) is 0 Å². The van der Waals surface area contributed by atoms with E-state index in [0.29, 0.717) is 12.2 Å². The number of benzene rings is 1. The third-order valence-corrected chi connectivity index (χ3v) is 4.07. The first-order chi connectivity index (χ1) is 11.2. The molecule has 2 heterocycles. The standard InChI is InChI=1S/C20H21NO2/c1-3-4-14-23-20(22)18-15(2)19(16-10-6-5-7-11-16)21-13-9-8-12-17(18)21/h5-13H,3-4,14H2,1-2H3. The Labute approximate surface area is 136 Å². The van der Waals surface area contributed by atoms with Crippen LogP contribution in [0.3, 0.4) is 0 Å². The number of carbonyl (C=O) groups excluding carboxylic acids is 1. The van der Waals surface area contributed by atoms with Crippen LogP contribution in [0.25, 0.3) is 16.8 Å². The normalized spacial score (nSPS) is 10.9. The van der Waals surface area contributed by atoms with Crippen LogP contribution in [0, 0.1) is 6.92 Å². The maximum absolute atomic E-state index is 12.6. The van der Waals surface area contributed by atoms with Gasteiger partial charge in [-0.25, -0.2) is 4.79 Å². The van der Waals surface area contributed by atoms with Crippen molar-refractivity contribution in [3.8, 4) is 11.3 Å². The smallest absolute Gasteiger partial charge is 0.340 e. The highest BCUT2D eigenvalue weighted by Crippen LogP contribution is 2.31. The van der Waals surface area contributed by atoms with Gasteiger partial charge in [0.1, 0.15) is 0 Å². The van der Waals surface area contributed by atoms with Gasteiger partial charge in [0.2, 0.25) is 0 Å². The third-order valence-electron chi connectivity index (χ3n) is 4.07. The predicted octanol–water partition coefficient (Wildman–Crippen LogP) is 4.87. The zero-order valence-corrected chi connectivity index (χ0v) is 13.6. The summed E-state index contributed by atoms with van der Waals surface area (Å²) in [7, 11) is 0. The van der Waals surface area contributed by atoms with Crippen molar-refractivity contribution < 1.29 is 9.53 Å². The molecule has 1 aromatic carbocycles. The van der Waals surface area contributed by atoms with Crippen LogP contribution in [0.1, 0.15) is 35.7 Å². The summed E-state index contributed by atoms with van der Waals surface area (Å²) in [6, 6.07) is 16.0. The minimum atomic E-state index is -0.234. The lowest BCUT2D eigenvalue weighted by Gasteiger charge is -2.04. The number of esters is 1. The molecule has 0 spiro atoms. The van der Waals surface area contributed by atoms with E-state index < -0.39 is 0 Å². The van der Waals surface area contributed by atoms with Crippen LogP contribution in [0.15, 0.2) is 54.7 Å². The van der Waals surface area contributed by atoms with E-state index in [1.54, 1.807) is 0 Å². The molecule has 0 bridgehead atoms. The van der Waals surface area contributed by atoms with Crippen molar-refractivity contribution in [3.63, 3.8) is 0 Å². The number of aromatic nitrogens is 1. The van der Waals surface area contributed by atoms with Crippen LogP contribution in [0.2, 0.25) is 0 Å². The first-order valence-electron chi connectivity index (χ1n) is 8.06. The Balaban J connectivity index is 2.12. The fourth-order valence-electron chi connectivity index (χ4n) is 2.92. The number of ether oxygens (including phenoxy) is 1. The van der Waals surface area contributed by atoms with E-state index in [2.05, 4.69) is 23.5 Å². The van der Waals surface area contributed by atoms with Gasteiger partial charge in [-0.1, -0.05) is 49.7 Å². The number of rotatable bonds is 5. The minimum Gasteiger partial charge on any atom is -0.462 e. The summed E-state index contributed by atoms with van der Waals surface area (Å²) in [5, 5.41) is 0. The SMILES string of the molecule is CCCCOC(=O)c1c(C)c(-c2ccccc2)n2ccccc12. The molecule has 0 unspecified atom stereocenters. The van der Waals surface area contributed by atoms with E-state index in [1.807, 2.05) is 49.5 Å². The molecule has 0 saturated heterocycles. The van der Waals surface area contributed by atoms with Crippen molar-refractivity contribution >= 4 is 11.5 Å². The molecule has 0 aliphatic heterocycles. The molecular formula is C20H21NO2. The topological polar surface area (TPSA) is 30.7 Å². The van der Waals surface area contributed by atoms with Gasteiger partial charge in [-0.2, -0.15) is 0 Å². The zero-order valence-electron chi connectivity index (χ0n) is 13.6. The lowest BCUT2D eigenvalue weighted by molar-refractivity contribution is 0.0501. The number of pyridine rings is 1. The number of nitrogens with zero attached hydrogens (tertiary/aromatic N) is 1. The number of carbonyl (C=O) groups is 1. The molecule has 0 aliphatic carbocycles. The Morgan fingerprint density at radius 3 is 2.57 bits per heavy atom. The summed E-state index contributed by atoms with van der Waals surface area (Å²) in [6.45, 7) is 4.55. The van der Waals surface area contributed by atoms with Crippen LogP contribution in [0.5, 0.6) is 0 Å². The van der Waals surface area contributed by atoms with Crippen molar-refractivity contribution in [3.05, 3.63) is 65.9 Å². The van der Waals surface area contributed by atoms with E-state index in [4.69, 9.17) is 4.74 Å². The lowest BCUT2D eigenvalue weighted by Crippen LogP contribution is -2.07. The van der Waals surface area contributed by atoms with Gasteiger partial charge in [-0.05, 0) is 36.6 Å². The molecule has 0 fully saturated rings. The van der Waals surface area contributed by atoms with Crippen molar-refractivity contribution in [2.75, 3.05) is 6.61 Å². The van der Waals surface area contributed by atoms with E-state index in [9.17, 15) is 4.79 Å². The Hall–Kier alpha value is -2.55. The molecule has 0 saturated carbocycles. The average molecular weight is 307 g/mol. The van der Waals surface area contributed by atoms with Gasteiger partial charge in [-0.15, -0.1) is 0 Å². The predicted molar refractivity (Wildman–Crippen MR) is 92.8 cm³/mol. The van der Waals surface area contributed by atoms with Gasteiger partial charge >= 0.3 is 5.97 Å². The van der Waals surface area contributed by atoms with Crippen LogP contribution in [0.4, 0.5) is 0 Å². The summed E-state index contributed by atoms with van der Waals surface area (Å²) in [6.07, 6.45) is 3.90. The largest absolute Gasteiger partial charge is 0.462 e. The molecule has 3 rings (SSSR count). The van der Waals surface area contributed by atoms with E-state index in [0.717, 1.165) is 35.2 Å². The van der Waals surface area contributed by atoms with Crippen LogP contribution >= 0.6 is 0 Å². The Bertz CT molecular complexity index is 818. The Kier molecular flexibility index (Phi) is 4.47. The summed E-state index contributed by atoms with van der Waals surface area (Å²) >= 11 is 0. The molecule has 0 radical (unpaired) electrons. The maximum Gasteiger partial charge on any atom is 0.340 e. The molecular weight excluding hydrogens is 286 g/mol. The molecule has 3 aromatic rings. The molecule has 0 atom stereocenters. The quantitative estimate of drug-likeness (QED) is 0.497. The molecule has 3 nitrogen and oxygen atoms in total. The van der Waals surface area contributed by atoms with E-state index in [1.165, 1.54) is 0 Å². The van der Waals surface area contributed by atoms with Crippen LogP contribution in [-0.2, 0) is 4.74 Å². The number of hydrogen-bond acceptors (Lipinski definition) is 2. The first-order valence-corrected chi connectivity index (χ1v) is 8.06. The highest BCUT2D eigenvalue weighted by molar-refractivity contribution is 6.01. The summed E-state index contributed by atoms with van der Waals surface area (Å²) in [5.41, 5.74) is 4.66. The molecule has 0 N–H and O–H groups in total. The fraction of sp³-hybridized carbons (Fsp3) is 0.250. The lowest BCUT2D eigenvalue weighted by atomic mass is 10.1. The average Bonchev–Trinajstić information content (AvgIpc) is 2.87. The minimum absolute atomic E-state index is 0.234.